The molecule has 0 radical (unpaired) electrons. The molecule has 1 aromatic rings. The standard InChI is InChI=1S/C9H12BrIN2/c1-2-3-7(10)4-9-8(11)5-12-6-13-9/h5-7H,2-4H2,1H3. The maximum atomic E-state index is 4.25. The van der Waals surface area contributed by atoms with Crippen molar-refractivity contribution >= 4 is 38.5 Å². The van der Waals surface area contributed by atoms with Gasteiger partial charge in [0.2, 0.25) is 0 Å². The Labute approximate surface area is 101 Å². The number of rotatable bonds is 4. The van der Waals surface area contributed by atoms with Gasteiger partial charge in [0.15, 0.2) is 0 Å². The van der Waals surface area contributed by atoms with E-state index in [4.69, 9.17) is 0 Å². The van der Waals surface area contributed by atoms with Gasteiger partial charge in [-0.3, -0.25) is 0 Å². The van der Waals surface area contributed by atoms with E-state index in [9.17, 15) is 0 Å². The van der Waals surface area contributed by atoms with Gasteiger partial charge in [0, 0.05) is 17.4 Å². The van der Waals surface area contributed by atoms with E-state index in [0.717, 1.165) is 15.7 Å². The maximum absolute atomic E-state index is 4.25. The van der Waals surface area contributed by atoms with Crippen molar-refractivity contribution in [2.45, 2.75) is 31.0 Å². The second-order valence-electron chi connectivity index (χ2n) is 2.91. The molecule has 4 heteroatoms. The Hall–Kier alpha value is 0.290. The van der Waals surface area contributed by atoms with Crippen molar-refractivity contribution in [1.29, 1.82) is 0 Å². The van der Waals surface area contributed by atoms with Crippen LogP contribution in [0.4, 0.5) is 0 Å². The van der Waals surface area contributed by atoms with E-state index in [1.54, 1.807) is 6.33 Å². The van der Waals surface area contributed by atoms with Crippen molar-refractivity contribution in [3.63, 3.8) is 0 Å². The molecule has 0 spiro atoms. The number of hydrogen-bond acceptors (Lipinski definition) is 2. The van der Waals surface area contributed by atoms with Crippen LogP contribution in [0.5, 0.6) is 0 Å². The normalized spacial score (nSPS) is 12.8. The Balaban J connectivity index is 2.58. The molecule has 0 aliphatic carbocycles. The highest BCUT2D eigenvalue weighted by atomic mass is 127. The van der Waals surface area contributed by atoms with Crippen molar-refractivity contribution in [3.05, 3.63) is 21.8 Å². The Morgan fingerprint density at radius 3 is 3.00 bits per heavy atom. The van der Waals surface area contributed by atoms with Crippen molar-refractivity contribution < 1.29 is 0 Å². The highest BCUT2D eigenvalue weighted by Gasteiger charge is 2.07. The molecule has 0 fully saturated rings. The minimum Gasteiger partial charge on any atom is -0.244 e. The summed E-state index contributed by atoms with van der Waals surface area (Å²) >= 11 is 5.92. The number of nitrogens with zero attached hydrogens (tertiary/aromatic N) is 2. The minimum absolute atomic E-state index is 0.543. The molecule has 2 nitrogen and oxygen atoms in total. The lowest BCUT2D eigenvalue weighted by molar-refractivity contribution is 0.730. The van der Waals surface area contributed by atoms with Crippen molar-refractivity contribution in [1.82, 2.24) is 9.97 Å². The molecular formula is C9H12BrIN2. The Morgan fingerprint density at radius 1 is 1.62 bits per heavy atom. The largest absolute Gasteiger partial charge is 0.244 e. The van der Waals surface area contributed by atoms with E-state index >= 15 is 0 Å². The number of halogens is 2. The Bertz CT molecular complexity index is 268. The fraction of sp³-hybridized carbons (Fsp3) is 0.556. The highest BCUT2D eigenvalue weighted by molar-refractivity contribution is 14.1. The summed E-state index contributed by atoms with van der Waals surface area (Å²) in [4.78, 5) is 8.76. The molecular weight excluding hydrogens is 343 g/mol. The van der Waals surface area contributed by atoms with Crippen LogP contribution in [0.3, 0.4) is 0 Å². The SMILES string of the molecule is CCCC(Br)Cc1ncncc1I. The van der Waals surface area contributed by atoms with Gasteiger partial charge in [0.05, 0.1) is 9.26 Å². The average Bonchev–Trinajstić information content (AvgIpc) is 2.09. The molecule has 0 bridgehead atoms. The topological polar surface area (TPSA) is 25.8 Å². The molecule has 13 heavy (non-hydrogen) atoms. The Morgan fingerprint density at radius 2 is 2.38 bits per heavy atom. The van der Waals surface area contributed by atoms with Gasteiger partial charge in [0.25, 0.3) is 0 Å². The summed E-state index contributed by atoms with van der Waals surface area (Å²) in [6.07, 6.45) is 6.87. The number of alkyl halides is 1. The van der Waals surface area contributed by atoms with Gasteiger partial charge in [-0.15, -0.1) is 0 Å². The van der Waals surface area contributed by atoms with E-state index in [0.29, 0.717) is 4.83 Å². The first kappa shape index (κ1) is 11.4. The molecule has 0 aliphatic heterocycles. The third-order valence-corrected chi connectivity index (χ3v) is 3.44. The van der Waals surface area contributed by atoms with Gasteiger partial charge < -0.3 is 0 Å². The lowest BCUT2D eigenvalue weighted by Crippen LogP contribution is -2.05. The summed E-state index contributed by atoms with van der Waals surface area (Å²) in [6.45, 7) is 2.19. The molecule has 1 atom stereocenters. The summed E-state index contributed by atoms with van der Waals surface area (Å²) in [5.74, 6) is 0. The van der Waals surface area contributed by atoms with Crippen LogP contribution in [0.15, 0.2) is 12.5 Å². The van der Waals surface area contributed by atoms with E-state index in [1.807, 2.05) is 6.20 Å². The average molecular weight is 355 g/mol. The summed E-state index contributed by atoms with van der Waals surface area (Å²) in [6, 6.07) is 0. The van der Waals surface area contributed by atoms with Gasteiger partial charge in [-0.05, 0) is 29.0 Å². The monoisotopic (exact) mass is 354 g/mol. The molecule has 1 heterocycles. The molecule has 1 unspecified atom stereocenters. The van der Waals surface area contributed by atoms with Gasteiger partial charge in [-0.2, -0.15) is 0 Å². The molecule has 0 saturated heterocycles. The molecule has 0 N–H and O–H groups in total. The molecule has 72 valence electrons. The van der Waals surface area contributed by atoms with Crippen molar-refractivity contribution in [2.24, 2.45) is 0 Å². The molecule has 1 rings (SSSR count). The van der Waals surface area contributed by atoms with Crippen LogP contribution in [0.2, 0.25) is 0 Å². The van der Waals surface area contributed by atoms with Crippen molar-refractivity contribution in [3.8, 4) is 0 Å². The smallest absolute Gasteiger partial charge is 0.115 e. The quantitative estimate of drug-likeness (QED) is 0.613. The first-order valence-electron chi connectivity index (χ1n) is 4.32. The summed E-state index contributed by atoms with van der Waals surface area (Å²) in [7, 11) is 0. The summed E-state index contributed by atoms with van der Waals surface area (Å²) in [5, 5.41) is 0. The molecule has 0 amide bonds. The van der Waals surface area contributed by atoms with Crippen LogP contribution >= 0.6 is 38.5 Å². The van der Waals surface area contributed by atoms with Gasteiger partial charge in [-0.25, -0.2) is 9.97 Å². The van der Waals surface area contributed by atoms with Crippen LogP contribution in [-0.2, 0) is 6.42 Å². The number of aromatic nitrogens is 2. The third kappa shape index (κ3) is 3.89. The summed E-state index contributed by atoms with van der Waals surface area (Å²) < 4.78 is 1.15. The fourth-order valence-corrected chi connectivity index (χ4v) is 2.40. The first-order valence-corrected chi connectivity index (χ1v) is 6.32. The number of hydrogen-bond donors (Lipinski definition) is 0. The zero-order valence-electron chi connectivity index (χ0n) is 7.50. The predicted octanol–water partition coefficient (Wildman–Crippen LogP) is 3.19. The molecule has 1 aromatic heterocycles. The molecule has 0 aliphatic rings. The van der Waals surface area contributed by atoms with Crippen LogP contribution in [0.25, 0.3) is 0 Å². The Kier molecular flexibility index (Phi) is 5.16. The van der Waals surface area contributed by atoms with Crippen LogP contribution in [-0.4, -0.2) is 14.8 Å². The lowest BCUT2D eigenvalue weighted by Gasteiger charge is -2.07. The molecule has 0 aromatic carbocycles. The van der Waals surface area contributed by atoms with Gasteiger partial charge in [0.1, 0.15) is 6.33 Å². The van der Waals surface area contributed by atoms with Gasteiger partial charge >= 0.3 is 0 Å². The summed E-state index contributed by atoms with van der Waals surface area (Å²) in [5.41, 5.74) is 1.14. The fourth-order valence-electron chi connectivity index (χ4n) is 1.11. The van der Waals surface area contributed by atoms with E-state index in [-0.39, 0.29) is 0 Å². The lowest BCUT2D eigenvalue weighted by atomic mass is 10.1. The van der Waals surface area contributed by atoms with Crippen LogP contribution < -0.4 is 0 Å². The van der Waals surface area contributed by atoms with E-state index in [1.165, 1.54) is 12.8 Å². The third-order valence-electron chi connectivity index (χ3n) is 1.76. The highest BCUT2D eigenvalue weighted by Crippen LogP contribution is 2.16. The van der Waals surface area contributed by atoms with Crippen molar-refractivity contribution in [2.75, 3.05) is 0 Å². The van der Waals surface area contributed by atoms with Crippen LogP contribution in [0.1, 0.15) is 25.5 Å². The predicted molar refractivity (Wildman–Crippen MR) is 66.1 cm³/mol. The second kappa shape index (κ2) is 5.90. The first-order chi connectivity index (χ1) is 6.24. The second-order valence-corrected chi connectivity index (χ2v) is 5.36. The zero-order valence-corrected chi connectivity index (χ0v) is 11.2. The molecule has 0 saturated carbocycles. The maximum Gasteiger partial charge on any atom is 0.115 e. The van der Waals surface area contributed by atoms with Crippen LogP contribution in [0, 0.1) is 3.57 Å². The van der Waals surface area contributed by atoms with E-state index < -0.39 is 0 Å². The van der Waals surface area contributed by atoms with E-state index in [2.05, 4.69) is 55.4 Å². The van der Waals surface area contributed by atoms with Gasteiger partial charge in [-0.1, -0.05) is 29.3 Å². The zero-order chi connectivity index (χ0) is 9.68. The minimum atomic E-state index is 0.543.